The number of carboxylic acids is 1. The largest absolute Gasteiger partial charge is 0.504 e. The van der Waals surface area contributed by atoms with Gasteiger partial charge in [0.25, 0.3) is 0 Å². The van der Waals surface area contributed by atoms with Crippen LogP contribution < -0.4 is 4.74 Å². The lowest BCUT2D eigenvalue weighted by molar-refractivity contribution is -0.208. The summed E-state index contributed by atoms with van der Waals surface area (Å²) in [6.45, 7) is 0. The Hall–Kier alpha value is -4.29. The standard InChI is InChI=1S/C26H28O12/c1-36-20-11-15(3-7-17(20)28)5-9-23(32)38-26(25(34)35)12-19(30)24(33)21(13-26)37-22(31)8-4-14-2-6-16(27)18(29)10-14/h2-3,5-7,9-11,19,21,24,27-30,33H,4,8,12-13H2,1H3,(H,34,35). The van der Waals surface area contributed by atoms with Crippen LogP contribution in [0.3, 0.4) is 0 Å². The molecule has 0 amide bonds. The Balaban J connectivity index is 1.68. The van der Waals surface area contributed by atoms with Crippen molar-refractivity contribution in [2.45, 2.75) is 49.6 Å². The van der Waals surface area contributed by atoms with E-state index in [1.807, 2.05) is 0 Å². The van der Waals surface area contributed by atoms with Crippen LogP contribution in [-0.4, -0.2) is 79.6 Å². The van der Waals surface area contributed by atoms with Crippen molar-refractivity contribution in [3.05, 3.63) is 53.6 Å². The Labute approximate surface area is 216 Å². The van der Waals surface area contributed by atoms with E-state index in [2.05, 4.69) is 0 Å². The SMILES string of the molecule is COc1cc(C=CC(=O)OC2(C(=O)O)CC(O)C(O)C(OC(=O)CCc3ccc(O)c(O)c3)C2)ccc1O. The number of aliphatic carboxylic acids is 1. The number of rotatable bonds is 9. The van der Waals surface area contributed by atoms with Gasteiger partial charge in [0.15, 0.2) is 23.0 Å². The summed E-state index contributed by atoms with van der Waals surface area (Å²) < 4.78 is 15.4. The number of phenols is 3. The number of hydrogen-bond donors (Lipinski definition) is 6. The first-order chi connectivity index (χ1) is 17.9. The normalized spacial score (nSPS) is 23.1. The van der Waals surface area contributed by atoms with Crippen LogP contribution in [0.15, 0.2) is 42.5 Å². The van der Waals surface area contributed by atoms with Gasteiger partial charge in [0.2, 0.25) is 5.60 Å². The fourth-order valence-corrected chi connectivity index (χ4v) is 4.04. The molecule has 6 N–H and O–H groups in total. The van der Waals surface area contributed by atoms with E-state index in [0.29, 0.717) is 11.1 Å². The summed E-state index contributed by atoms with van der Waals surface area (Å²) in [4.78, 5) is 37.0. The smallest absolute Gasteiger partial charge is 0.348 e. The quantitative estimate of drug-likeness (QED) is 0.154. The lowest BCUT2D eigenvalue weighted by atomic mass is 9.79. The third kappa shape index (κ3) is 6.72. The summed E-state index contributed by atoms with van der Waals surface area (Å²) in [5, 5.41) is 59.1. The third-order valence-electron chi connectivity index (χ3n) is 6.09. The zero-order chi connectivity index (χ0) is 28.0. The van der Waals surface area contributed by atoms with Gasteiger partial charge in [0, 0.05) is 25.3 Å². The number of methoxy groups -OCH3 is 1. The van der Waals surface area contributed by atoms with E-state index >= 15 is 0 Å². The third-order valence-corrected chi connectivity index (χ3v) is 6.09. The molecule has 0 heterocycles. The second kappa shape index (κ2) is 11.8. The van der Waals surface area contributed by atoms with E-state index in [1.165, 1.54) is 49.6 Å². The molecule has 3 rings (SSSR count). The Kier molecular flexibility index (Phi) is 8.81. The zero-order valence-electron chi connectivity index (χ0n) is 20.3. The van der Waals surface area contributed by atoms with Gasteiger partial charge in [-0.3, -0.25) is 4.79 Å². The molecule has 12 nitrogen and oxygen atoms in total. The first-order valence-electron chi connectivity index (χ1n) is 11.5. The molecule has 0 aliphatic heterocycles. The minimum atomic E-state index is -2.29. The second-order valence-corrected chi connectivity index (χ2v) is 8.80. The van der Waals surface area contributed by atoms with Crippen LogP contribution in [0.1, 0.15) is 30.4 Å². The zero-order valence-corrected chi connectivity index (χ0v) is 20.3. The van der Waals surface area contributed by atoms with Gasteiger partial charge in [0.05, 0.1) is 13.2 Å². The lowest BCUT2D eigenvalue weighted by Gasteiger charge is -2.41. The van der Waals surface area contributed by atoms with Crippen molar-refractivity contribution < 1.29 is 59.2 Å². The van der Waals surface area contributed by atoms with Crippen LogP contribution in [0.5, 0.6) is 23.0 Å². The fraction of sp³-hybridized carbons (Fsp3) is 0.346. The molecule has 4 atom stereocenters. The molecule has 0 saturated heterocycles. The van der Waals surface area contributed by atoms with Crippen LogP contribution in [-0.2, 0) is 30.3 Å². The summed E-state index contributed by atoms with van der Waals surface area (Å²) in [6, 6.07) is 8.24. The van der Waals surface area contributed by atoms with E-state index in [4.69, 9.17) is 14.2 Å². The van der Waals surface area contributed by atoms with Crippen molar-refractivity contribution in [3.8, 4) is 23.0 Å². The van der Waals surface area contributed by atoms with Gasteiger partial charge in [-0.25, -0.2) is 9.59 Å². The predicted octanol–water partition coefficient (Wildman–Crippen LogP) is 1.25. The summed E-state index contributed by atoms with van der Waals surface area (Å²) in [5.74, 6) is -4.16. The monoisotopic (exact) mass is 532 g/mol. The van der Waals surface area contributed by atoms with Gasteiger partial charge in [0.1, 0.15) is 12.2 Å². The molecule has 4 unspecified atom stereocenters. The Morgan fingerprint density at radius 1 is 1.00 bits per heavy atom. The van der Waals surface area contributed by atoms with Crippen LogP contribution in [0.2, 0.25) is 0 Å². The van der Waals surface area contributed by atoms with Crippen molar-refractivity contribution in [3.63, 3.8) is 0 Å². The van der Waals surface area contributed by atoms with E-state index in [9.17, 15) is 45.0 Å². The van der Waals surface area contributed by atoms with E-state index < -0.39 is 54.7 Å². The maximum atomic E-state index is 12.5. The molecular formula is C26H28O12. The highest BCUT2D eigenvalue weighted by molar-refractivity contribution is 5.90. The van der Waals surface area contributed by atoms with Crippen LogP contribution in [0.25, 0.3) is 6.08 Å². The fourth-order valence-electron chi connectivity index (χ4n) is 4.04. The predicted molar refractivity (Wildman–Crippen MR) is 129 cm³/mol. The molecule has 38 heavy (non-hydrogen) atoms. The molecule has 0 spiro atoms. The van der Waals surface area contributed by atoms with E-state index in [-0.39, 0.29) is 35.8 Å². The number of carboxylic acid groups (broad SMARTS) is 1. The van der Waals surface area contributed by atoms with E-state index in [1.54, 1.807) is 0 Å². The molecule has 1 aliphatic carbocycles. The molecule has 1 aliphatic rings. The molecule has 0 aromatic heterocycles. The summed E-state index contributed by atoms with van der Waals surface area (Å²) in [5.41, 5.74) is -1.34. The molecule has 12 heteroatoms. The lowest BCUT2D eigenvalue weighted by Crippen LogP contribution is -2.58. The number of carbonyl (C=O) groups is 3. The minimum absolute atomic E-state index is 0.101. The number of hydrogen-bond acceptors (Lipinski definition) is 11. The number of esters is 2. The Bertz CT molecular complexity index is 1220. The van der Waals surface area contributed by atoms with Gasteiger partial charge in [-0.15, -0.1) is 0 Å². The molecule has 0 radical (unpaired) electrons. The Morgan fingerprint density at radius 2 is 1.71 bits per heavy atom. The molecule has 1 fully saturated rings. The van der Waals surface area contributed by atoms with Crippen molar-refractivity contribution >= 4 is 24.0 Å². The number of aliphatic hydroxyl groups excluding tert-OH is 2. The minimum Gasteiger partial charge on any atom is -0.504 e. The summed E-state index contributed by atoms with van der Waals surface area (Å²) in [6.07, 6.45) is -3.92. The number of phenolic OH excluding ortho intramolecular Hbond substituents is 3. The number of aromatic hydroxyl groups is 3. The van der Waals surface area contributed by atoms with Crippen LogP contribution in [0, 0.1) is 0 Å². The number of benzene rings is 2. The van der Waals surface area contributed by atoms with Crippen molar-refractivity contribution in [1.82, 2.24) is 0 Å². The summed E-state index contributed by atoms with van der Waals surface area (Å²) >= 11 is 0. The van der Waals surface area contributed by atoms with Gasteiger partial charge in [-0.2, -0.15) is 0 Å². The van der Waals surface area contributed by atoms with Gasteiger partial charge in [-0.1, -0.05) is 12.1 Å². The Morgan fingerprint density at radius 3 is 2.37 bits per heavy atom. The number of aliphatic hydroxyl groups is 2. The topological polar surface area (TPSA) is 200 Å². The summed E-state index contributed by atoms with van der Waals surface area (Å²) in [7, 11) is 1.34. The number of carbonyl (C=O) groups excluding carboxylic acids is 2. The maximum absolute atomic E-state index is 12.5. The second-order valence-electron chi connectivity index (χ2n) is 8.80. The van der Waals surface area contributed by atoms with Crippen molar-refractivity contribution in [2.75, 3.05) is 7.11 Å². The average Bonchev–Trinajstić information content (AvgIpc) is 2.87. The van der Waals surface area contributed by atoms with Crippen LogP contribution >= 0.6 is 0 Å². The molecule has 2 aromatic rings. The van der Waals surface area contributed by atoms with E-state index in [0.717, 1.165) is 6.08 Å². The average molecular weight is 532 g/mol. The molecule has 2 aromatic carbocycles. The number of aryl methyl sites for hydroxylation is 1. The maximum Gasteiger partial charge on any atom is 0.348 e. The molecule has 1 saturated carbocycles. The number of ether oxygens (including phenoxy) is 3. The molecule has 0 bridgehead atoms. The van der Waals surface area contributed by atoms with Gasteiger partial charge >= 0.3 is 17.9 Å². The highest BCUT2D eigenvalue weighted by atomic mass is 16.6. The molecule has 204 valence electrons. The van der Waals surface area contributed by atoms with Crippen molar-refractivity contribution in [2.24, 2.45) is 0 Å². The van der Waals surface area contributed by atoms with Crippen LogP contribution in [0.4, 0.5) is 0 Å². The first kappa shape index (κ1) is 28.3. The van der Waals surface area contributed by atoms with Gasteiger partial charge < -0.3 is 44.8 Å². The highest BCUT2D eigenvalue weighted by Gasteiger charge is 2.54. The first-order valence-corrected chi connectivity index (χ1v) is 11.5. The highest BCUT2D eigenvalue weighted by Crippen LogP contribution is 2.35. The molecular weight excluding hydrogens is 504 g/mol. The van der Waals surface area contributed by atoms with Crippen molar-refractivity contribution in [1.29, 1.82) is 0 Å². The van der Waals surface area contributed by atoms with Gasteiger partial charge in [-0.05, 0) is 47.9 Å².